The fourth-order valence-electron chi connectivity index (χ4n) is 3.41. The molecule has 0 unspecified atom stereocenters. The molecule has 0 aliphatic heterocycles. The molecule has 0 aromatic carbocycles. The predicted octanol–water partition coefficient (Wildman–Crippen LogP) is 1.88. The van der Waals surface area contributed by atoms with E-state index in [0.717, 1.165) is 6.54 Å². The van der Waals surface area contributed by atoms with Crippen LogP contribution in [0.5, 0.6) is 0 Å². The van der Waals surface area contributed by atoms with Gasteiger partial charge in [-0.05, 0) is 64.3 Å². The molecule has 0 aromatic heterocycles. The van der Waals surface area contributed by atoms with Gasteiger partial charge in [0, 0.05) is 6.04 Å². The second kappa shape index (κ2) is 4.48. The molecule has 2 aliphatic carbocycles. The molecule has 2 aliphatic rings. The van der Waals surface area contributed by atoms with Crippen molar-refractivity contribution in [3.05, 3.63) is 0 Å². The summed E-state index contributed by atoms with van der Waals surface area (Å²) in [4.78, 5) is 11.8. The van der Waals surface area contributed by atoms with Crippen molar-refractivity contribution in [3.8, 4) is 0 Å². The van der Waals surface area contributed by atoms with Crippen molar-refractivity contribution in [2.24, 2.45) is 23.5 Å². The first-order valence-electron chi connectivity index (χ1n) is 6.60. The summed E-state index contributed by atoms with van der Waals surface area (Å²) in [6.07, 6.45) is 3.31. The fourth-order valence-corrected chi connectivity index (χ4v) is 3.41. The summed E-state index contributed by atoms with van der Waals surface area (Å²) in [7, 11) is 0. The number of ether oxygens (including phenoxy) is 1. The first-order chi connectivity index (χ1) is 7.90. The maximum atomic E-state index is 11.8. The molecule has 2 bridgehead atoms. The number of alkyl carbamates (subject to hydrolysis) is 1. The van der Waals surface area contributed by atoms with Gasteiger partial charge in [0.2, 0.25) is 0 Å². The summed E-state index contributed by atoms with van der Waals surface area (Å²) in [6.45, 7) is 6.41. The van der Waals surface area contributed by atoms with Gasteiger partial charge in [-0.15, -0.1) is 0 Å². The van der Waals surface area contributed by atoms with Crippen LogP contribution < -0.4 is 11.1 Å². The molecule has 0 spiro atoms. The number of nitrogens with two attached hydrogens (primary N) is 1. The molecular formula is C13H24N2O2. The van der Waals surface area contributed by atoms with Crippen molar-refractivity contribution in [2.75, 3.05) is 6.54 Å². The lowest BCUT2D eigenvalue weighted by Crippen LogP contribution is -2.42. The molecule has 2 saturated carbocycles. The number of rotatable bonds is 2. The van der Waals surface area contributed by atoms with E-state index in [4.69, 9.17) is 10.5 Å². The first-order valence-corrected chi connectivity index (χ1v) is 6.60. The Morgan fingerprint density at radius 3 is 2.65 bits per heavy atom. The third kappa shape index (κ3) is 2.73. The minimum absolute atomic E-state index is 0.280. The average molecular weight is 240 g/mol. The molecule has 2 rings (SSSR count). The number of carbonyl (C=O) groups is 1. The Bertz CT molecular complexity index is 298. The zero-order valence-corrected chi connectivity index (χ0v) is 11.0. The lowest BCUT2D eigenvalue weighted by Gasteiger charge is -2.24. The average Bonchev–Trinajstić information content (AvgIpc) is 2.72. The van der Waals surface area contributed by atoms with Crippen molar-refractivity contribution < 1.29 is 9.53 Å². The summed E-state index contributed by atoms with van der Waals surface area (Å²) in [5, 5.41) is 3.05. The highest BCUT2D eigenvalue weighted by Gasteiger charge is 2.48. The molecule has 17 heavy (non-hydrogen) atoms. The zero-order valence-electron chi connectivity index (χ0n) is 11.0. The Hall–Kier alpha value is -0.770. The first kappa shape index (κ1) is 12.7. The molecule has 4 heteroatoms. The maximum Gasteiger partial charge on any atom is 0.407 e. The lowest BCUT2D eigenvalue weighted by molar-refractivity contribution is 0.0489. The number of amides is 1. The minimum Gasteiger partial charge on any atom is -0.444 e. The summed E-state index contributed by atoms with van der Waals surface area (Å²) in [6, 6.07) is 0.290. The van der Waals surface area contributed by atoms with Gasteiger partial charge in [-0.25, -0.2) is 4.79 Å². The molecular weight excluding hydrogens is 216 g/mol. The van der Waals surface area contributed by atoms with E-state index in [9.17, 15) is 4.79 Å². The van der Waals surface area contributed by atoms with E-state index < -0.39 is 5.60 Å². The summed E-state index contributed by atoms with van der Waals surface area (Å²) in [5.41, 5.74) is 5.35. The molecule has 2 fully saturated rings. The Balaban J connectivity index is 1.90. The second-order valence-corrected chi connectivity index (χ2v) is 6.40. The molecule has 1 amide bonds. The van der Waals surface area contributed by atoms with Crippen molar-refractivity contribution in [2.45, 2.75) is 51.7 Å². The van der Waals surface area contributed by atoms with Crippen molar-refractivity contribution in [1.29, 1.82) is 0 Å². The number of nitrogens with one attached hydrogen (secondary N) is 1. The van der Waals surface area contributed by atoms with Gasteiger partial charge in [-0.3, -0.25) is 0 Å². The minimum atomic E-state index is -0.422. The van der Waals surface area contributed by atoms with Gasteiger partial charge in [0.15, 0.2) is 0 Å². The van der Waals surface area contributed by atoms with Crippen LogP contribution in [0.3, 0.4) is 0 Å². The predicted molar refractivity (Wildman–Crippen MR) is 66.5 cm³/mol. The summed E-state index contributed by atoms with van der Waals surface area (Å²) < 4.78 is 5.31. The summed E-state index contributed by atoms with van der Waals surface area (Å²) >= 11 is 0. The van der Waals surface area contributed by atoms with Crippen LogP contribution in [0, 0.1) is 17.8 Å². The van der Waals surface area contributed by atoms with Crippen LogP contribution in [-0.4, -0.2) is 24.3 Å². The van der Waals surface area contributed by atoms with Gasteiger partial charge in [-0.2, -0.15) is 0 Å². The van der Waals surface area contributed by atoms with E-state index in [2.05, 4.69) is 5.32 Å². The van der Waals surface area contributed by atoms with Gasteiger partial charge in [0.25, 0.3) is 0 Å². The number of carbonyl (C=O) groups excluding carboxylic acids is 1. The molecule has 0 heterocycles. The van der Waals surface area contributed by atoms with Crippen LogP contribution in [-0.2, 0) is 4.74 Å². The van der Waals surface area contributed by atoms with Crippen LogP contribution >= 0.6 is 0 Å². The Kier molecular flexibility index (Phi) is 3.34. The van der Waals surface area contributed by atoms with Crippen LogP contribution in [0.25, 0.3) is 0 Å². The van der Waals surface area contributed by atoms with Gasteiger partial charge in [0.05, 0.1) is 0 Å². The highest BCUT2D eigenvalue weighted by atomic mass is 16.6. The van der Waals surface area contributed by atoms with Gasteiger partial charge >= 0.3 is 6.09 Å². The number of fused-ring (bicyclic) bond motifs is 2. The van der Waals surface area contributed by atoms with Crippen molar-refractivity contribution in [3.63, 3.8) is 0 Å². The number of hydrogen-bond donors (Lipinski definition) is 2. The molecule has 0 radical (unpaired) electrons. The van der Waals surface area contributed by atoms with Gasteiger partial charge < -0.3 is 15.8 Å². The van der Waals surface area contributed by atoms with E-state index in [0.29, 0.717) is 23.8 Å². The maximum absolute atomic E-state index is 11.8. The van der Waals surface area contributed by atoms with Crippen LogP contribution in [0.2, 0.25) is 0 Å². The van der Waals surface area contributed by atoms with E-state index >= 15 is 0 Å². The van der Waals surface area contributed by atoms with E-state index in [1.807, 2.05) is 20.8 Å². The molecule has 4 atom stereocenters. The topological polar surface area (TPSA) is 64.3 Å². The molecule has 3 N–H and O–H groups in total. The Labute approximate surface area is 103 Å². The Morgan fingerprint density at radius 2 is 2.12 bits per heavy atom. The third-order valence-electron chi connectivity index (χ3n) is 4.04. The van der Waals surface area contributed by atoms with E-state index in [1.54, 1.807) is 0 Å². The fraction of sp³-hybridized carbons (Fsp3) is 0.923. The zero-order chi connectivity index (χ0) is 12.6. The van der Waals surface area contributed by atoms with Gasteiger partial charge in [-0.1, -0.05) is 0 Å². The summed E-state index contributed by atoms with van der Waals surface area (Å²) in [5.74, 6) is 1.77. The van der Waals surface area contributed by atoms with Crippen LogP contribution in [0.15, 0.2) is 0 Å². The highest BCUT2D eigenvalue weighted by Crippen LogP contribution is 2.48. The van der Waals surface area contributed by atoms with Crippen molar-refractivity contribution in [1.82, 2.24) is 5.32 Å². The molecule has 98 valence electrons. The van der Waals surface area contributed by atoms with E-state index in [1.165, 1.54) is 19.3 Å². The molecule has 0 saturated heterocycles. The number of hydrogen-bond acceptors (Lipinski definition) is 3. The third-order valence-corrected chi connectivity index (χ3v) is 4.04. The van der Waals surface area contributed by atoms with E-state index in [-0.39, 0.29) is 6.09 Å². The normalized spacial score (nSPS) is 36.0. The quantitative estimate of drug-likeness (QED) is 0.774. The molecule has 4 nitrogen and oxygen atoms in total. The molecule has 0 aromatic rings. The Morgan fingerprint density at radius 1 is 1.41 bits per heavy atom. The lowest BCUT2D eigenvalue weighted by atomic mass is 9.89. The second-order valence-electron chi connectivity index (χ2n) is 6.40. The van der Waals surface area contributed by atoms with Gasteiger partial charge in [0.1, 0.15) is 5.60 Å². The smallest absolute Gasteiger partial charge is 0.407 e. The standard InChI is InChI=1S/C13H24N2O2/c1-13(2,3)17-12(16)15-11-8-4-5-10(11)9(6-8)7-14/h8-11H,4-7,14H2,1-3H3,(H,15,16)/t8-,9+,10-,11-/m0/s1. The van der Waals surface area contributed by atoms with Crippen molar-refractivity contribution >= 4 is 6.09 Å². The highest BCUT2D eigenvalue weighted by molar-refractivity contribution is 5.68. The SMILES string of the molecule is CC(C)(C)OC(=O)N[C@H]1[C@H]2CC[C@H]1[C@@H](CN)C2. The van der Waals surface area contributed by atoms with Crippen LogP contribution in [0.1, 0.15) is 40.0 Å². The van der Waals surface area contributed by atoms with Crippen LogP contribution in [0.4, 0.5) is 4.79 Å². The monoisotopic (exact) mass is 240 g/mol. The largest absolute Gasteiger partial charge is 0.444 e.